The third-order valence-electron chi connectivity index (χ3n) is 6.63. The van der Waals surface area contributed by atoms with Crippen LogP contribution in [0.5, 0.6) is 5.75 Å². The number of hydrogen-bond acceptors (Lipinski definition) is 5. The SMILES string of the molecule is c1ccc(C2=NN3[C@H](C2)c2ccccc2O[C@@H]3c2ccc3noc(-c4ccccc4)c3c2)cc1. The molecule has 0 amide bonds. The average molecular weight is 444 g/mol. The van der Waals surface area contributed by atoms with Gasteiger partial charge >= 0.3 is 0 Å². The Morgan fingerprint density at radius 1 is 0.765 bits per heavy atom. The molecule has 2 aliphatic rings. The van der Waals surface area contributed by atoms with Crippen LogP contribution in [-0.2, 0) is 0 Å². The number of nitrogens with zero attached hydrogens (tertiary/aromatic N) is 3. The second-order valence-electron chi connectivity index (χ2n) is 8.67. The van der Waals surface area contributed by atoms with E-state index < -0.39 is 0 Å². The van der Waals surface area contributed by atoms with Gasteiger partial charge in [-0.05, 0) is 23.8 Å². The first-order valence-electron chi connectivity index (χ1n) is 11.5. The molecule has 0 N–H and O–H groups in total. The van der Waals surface area contributed by atoms with Crippen molar-refractivity contribution in [2.75, 3.05) is 0 Å². The average Bonchev–Trinajstić information content (AvgIpc) is 3.54. The van der Waals surface area contributed by atoms with E-state index in [1.807, 2.05) is 54.6 Å². The van der Waals surface area contributed by atoms with Crippen molar-refractivity contribution in [2.45, 2.75) is 18.7 Å². The zero-order valence-electron chi connectivity index (χ0n) is 18.3. The highest BCUT2D eigenvalue weighted by molar-refractivity contribution is 6.02. The molecule has 0 radical (unpaired) electrons. The van der Waals surface area contributed by atoms with E-state index >= 15 is 0 Å². The lowest BCUT2D eigenvalue weighted by Crippen LogP contribution is -2.33. The first-order valence-corrected chi connectivity index (χ1v) is 11.5. The number of para-hydroxylation sites is 1. The highest BCUT2D eigenvalue weighted by atomic mass is 16.5. The Bertz CT molecular complexity index is 1530. The minimum Gasteiger partial charge on any atom is -0.464 e. The number of hydrazone groups is 1. The molecule has 34 heavy (non-hydrogen) atoms. The van der Waals surface area contributed by atoms with Gasteiger partial charge in [0.25, 0.3) is 0 Å². The number of aromatic nitrogens is 1. The molecule has 5 heteroatoms. The highest BCUT2D eigenvalue weighted by Crippen LogP contribution is 2.47. The van der Waals surface area contributed by atoms with E-state index in [4.69, 9.17) is 14.4 Å². The number of ether oxygens (including phenoxy) is 1. The summed E-state index contributed by atoms with van der Waals surface area (Å²) in [6.45, 7) is 0. The Morgan fingerprint density at radius 2 is 1.50 bits per heavy atom. The van der Waals surface area contributed by atoms with Gasteiger partial charge in [-0.15, -0.1) is 0 Å². The second-order valence-corrected chi connectivity index (χ2v) is 8.67. The smallest absolute Gasteiger partial charge is 0.213 e. The fourth-order valence-electron chi connectivity index (χ4n) is 4.97. The molecule has 0 bridgehead atoms. The van der Waals surface area contributed by atoms with E-state index in [9.17, 15) is 0 Å². The molecule has 2 atom stereocenters. The van der Waals surface area contributed by atoms with Gasteiger partial charge in [0.2, 0.25) is 6.23 Å². The molecule has 0 saturated carbocycles. The molecule has 2 aliphatic heterocycles. The standard InChI is InChI=1S/C29H21N3O2/c1-3-9-19(10-4-1)25-18-26-22-13-7-8-14-27(22)33-29(32(26)30-25)21-15-16-24-23(17-21)28(34-31-24)20-11-5-2-6-12-20/h1-17,26,29H,18H2/t26-,29-/m1/s1. The highest BCUT2D eigenvalue weighted by Gasteiger charge is 2.41. The normalized spacial score (nSPS) is 18.8. The molecule has 0 aliphatic carbocycles. The fraction of sp³-hybridized carbons (Fsp3) is 0.103. The van der Waals surface area contributed by atoms with E-state index in [1.165, 1.54) is 5.56 Å². The molecule has 0 unspecified atom stereocenters. The number of benzene rings is 4. The molecule has 5 aromatic rings. The summed E-state index contributed by atoms with van der Waals surface area (Å²) < 4.78 is 12.3. The minimum atomic E-state index is -0.343. The third kappa shape index (κ3) is 3.01. The second kappa shape index (κ2) is 7.59. The first-order chi connectivity index (χ1) is 16.8. The lowest BCUT2D eigenvalue weighted by atomic mass is 9.95. The molecule has 3 heterocycles. The largest absolute Gasteiger partial charge is 0.464 e. The van der Waals surface area contributed by atoms with Crippen molar-refractivity contribution in [2.24, 2.45) is 5.10 Å². The molecule has 0 saturated heterocycles. The van der Waals surface area contributed by atoms with Crippen LogP contribution < -0.4 is 4.74 Å². The molecule has 7 rings (SSSR count). The van der Waals surface area contributed by atoms with Crippen LogP contribution in [0.15, 0.2) is 113 Å². The van der Waals surface area contributed by atoms with Gasteiger partial charge in [0, 0.05) is 23.1 Å². The number of fused-ring (bicyclic) bond motifs is 4. The van der Waals surface area contributed by atoms with Crippen molar-refractivity contribution in [3.63, 3.8) is 0 Å². The summed E-state index contributed by atoms with van der Waals surface area (Å²) in [6.07, 6.45) is 0.495. The predicted molar refractivity (Wildman–Crippen MR) is 131 cm³/mol. The summed E-state index contributed by atoms with van der Waals surface area (Å²) in [6, 6.07) is 35.0. The molecule has 0 fully saturated rings. The van der Waals surface area contributed by atoms with Crippen LogP contribution in [0.2, 0.25) is 0 Å². The van der Waals surface area contributed by atoms with Crippen molar-refractivity contribution < 1.29 is 9.26 Å². The summed E-state index contributed by atoms with van der Waals surface area (Å²) in [5, 5.41) is 12.4. The Hall–Kier alpha value is -4.38. The molecule has 5 nitrogen and oxygen atoms in total. The monoisotopic (exact) mass is 443 g/mol. The van der Waals surface area contributed by atoms with Gasteiger partial charge in [-0.3, -0.25) is 0 Å². The molecule has 1 aromatic heterocycles. The maximum atomic E-state index is 6.56. The van der Waals surface area contributed by atoms with E-state index in [2.05, 4.69) is 58.7 Å². The summed E-state index contributed by atoms with van der Waals surface area (Å²) in [7, 11) is 0. The summed E-state index contributed by atoms with van der Waals surface area (Å²) >= 11 is 0. The lowest BCUT2D eigenvalue weighted by molar-refractivity contribution is -0.0189. The van der Waals surface area contributed by atoms with Gasteiger partial charge in [0.15, 0.2) is 5.76 Å². The molecule has 4 aromatic carbocycles. The Morgan fingerprint density at radius 3 is 2.32 bits per heavy atom. The summed E-state index contributed by atoms with van der Waals surface area (Å²) in [4.78, 5) is 0. The van der Waals surface area contributed by atoms with Crippen LogP contribution in [0.4, 0.5) is 0 Å². The van der Waals surface area contributed by atoms with E-state index in [0.717, 1.165) is 51.2 Å². The molecule has 164 valence electrons. The van der Waals surface area contributed by atoms with Crippen molar-refractivity contribution in [3.8, 4) is 17.1 Å². The quantitative estimate of drug-likeness (QED) is 0.310. The third-order valence-corrected chi connectivity index (χ3v) is 6.63. The van der Waals surface area contributed by atoms with Crippen molar-refractivity contribution in [1.29, 1.82) is 0 Å². The number of hydrogen-bond donors (Lipinski definition) is 0. The zero-order chi connectivity index (χ0) is 22.5. The fourth-order valence-corrected chi connectivity index (χ4v) is 4.97. The zero-order valence-corrected chi connectivity index (χ0v) is 18.3. The maximum Gasteiger partial charge on any atom is 0.213 e. The van der Waals surface area contributed by atoms with E-state index in [-0.39, 0.29) is 12.3 Å². The van der Waals surface area contributed by atoms with Crippen LogP contribution in [0.25, 0.3) is 22.2 Å². The Balaban J connectivity index is 1.35. The van der Waals surface area contributed by atoms with Gasteiger partial charge in [0.1, 0.15) is 11.3 Å². The predicted octanol–water partition coefficient (Wildman–Crippen LogP) is 6.74. The molecular weight excluding hydrogens is 422 g/mol. The van der Waals surface area contributed by atoms with Crippen molar-refractivity contribution in [1.82, 2.24) is 10.2 Å². The molecule has 0 spiro atoms. The minimum absolute atomic E-state index is 0.122. The van der Waals surface area contributed by atoms with Gasteiger partial charge in [-0.1, -0.05) is 90.1 Å². The van der Waals surface area contributed by atoms with Crippen LogP contribution in [-0.4, -0.2) is 15.9 Å². The van der Waals surface area contributed by atoms with Crippen LogP contribution in [0, 0.1) is 0 Å². The van der Waals surface area contributed by atoms with Crippen LogP contribution >= 0.6 is 0 Å². The van der Waals surface area contributed by atoms with Gasteiger partial charge < -0.3 is 9.26 Å². The van der Waals surface area contributed by atoms with E-state index in [1.54, 1.807) is 0 Å². The first kappa shape index (κ1) is 19.1. The van der Waals surface area contributed by atoms with Crippen LogP contribution in [0.3, 0.4) is 0 Å². The van der Waals surface area contributed by atoms with Crippen LogP contribution in [0.1, 0.15) is 35.4 Å². The summed E-state index contributed by atoms with van der Waals surface area (Å²) in [5.74, 6) is 1.67. The van der Waals surface area contributed by atoms with E-state index in [0.29, 0.717) is 0 Å². The van der Waals surface area contributed by atoms with Crippen molar-refractivity contribution in [3.05, 3.63) is 120 Å². The van der Waals surface area contributed by atoms with Gasteiger partial charge in [-0.25, -0.2) is 5.01 Å². The van der Waals surface area contributed by atoms with Crippen molar-refractivity contribution >= 4 is 16.6 Å². The van der Waals surface area contributed by atoms with Gasteiger partial charge in [-0.2, -0.15) is 5.10 Å². The molecular formula is C29H21N3O2. The maximum absolute atomic E-state index is 6.56. The lowest BCUT2D eigenvalue weighted by Gasteiger charge is -2.38. The topological polar surface area (TPSA) is 50.9 Å². The Labute approximate surface area is 196 Å². The van der Waals surface area contributed by atoms with Gasteiger partial charge in [0.05, 0.1) is 17.1 Å². The number of rotatable bonds is 3. The summed E-state index contributed by atoms with van der Waals surface area (Å²) in [5.41, 5.74) is 6.24. The Kier molecular flexibility index (Phi) is 4.27.